The SMILES string of the molecule is O=C(c1cnco1)N1CCc2[nH]cnc2[C@H]1c1ccc2ccccc2c1. The van der Waals surface area contributed by atoms with Crippen LogP contribution in [0.2, 0.25) is 0 Å². The highest BCUT2D eigenvalue weighted by molar-refractivity contribution is 5.92. The second-order valence-corrected chi connectivity index (χ2v) is 6.39. The van der Waals surface area contributed by atoms with E-state index in [0.29, 0.717) is 6.54 Å². The summed E-state index contributed by atoms with van der Waals surface area (Å²) in [5.41, 5.74) is 2.99. The van der Waals surface area contributed by atoms with E-state index in [1.807, 2.05) is 17.0 Å². The van der Waals surface area contributed by atoms with Gasteiger partial charge in [-0.25, -0.2) is 9.97 Å². The van der Waals surface area contributed by atoms with Crippen molar-refractivity contribution in [1.29, 1.82) is 0 Å². The molecule has 0 bridgehead atoms. The number of hydrogen-bond donors (Lipinski definition) is 1. The highest BCUT2D eigenvalue weighted by Crippen LogP contribution is 2.35. The van der Waals surface area contributed by atoms with Crippen molar-refractivity contribution in [1.82, 2.24) is 19.9 Å². The number of imidazole rings is 1. The molecule has 0 saturated heterocycles. The van der Waals surface area contributed by atoms with Crippen molar-refractivity contribution in [3.8, 4) is 0 Å². The number of nitrogens with one attached hydrogen (secondary N) is 1. The largest absolute Gasteiger partial charge is 0.438 e. The quantitative estimate of drug-likeness (QED) is 0.605. The van der Waals surface area contributed by atoms with E-state index in [2.05, 4.69) is 45.3 Å². The predicted molar refractivity (Wildman–Crippen MR) is 95.6 cm³/mol. The van der Waals surface area contributed by atoms with Crippen LogP contribution >= 0.6 is 0 Å². The molecule has 6 nitrogen and oxygen atoms in total. The molecular formula is C20H16N4O2. The second kappa shape index (κ2) is 5.84. The number of oxazole rings is 1. The minimum atomic E-state index is -0.257. The molecule has 26 heavy (non-hydrogen) atoms. The lowest BCUT2D eigenvalue weighted by atomic mass is 9.93. The molecule has 128 valence electrons. The number of H-pyrrole nitrogens is 1. The number of nitrogens with zero attached hydrogens (tertiary/aromatic N) is 3. The van der Waals surface area contributed by atoms with Gasteiger partial charge in [-0.05, 0) is 22.4 Å². The number of fused-ring (bicyclic) bond motifs is 2. The minimum Gasteiger partial charge on any atom is -0.438 e. The van der Waals surface area contributed by atoms with Crippen LogP contribution in [0.5, 0.6) is 0 Å². The van der Waals surface area contributed by atoms with Crippen molar-refractivity contribution >= 4 is 16.7 Å². The van der Waals surface area contributed by atoms with Crippen molar-refractivity contribution in [2.75, 3.05) is 6.54 Å². The van der Waals surface area contributed by atoms with Gasteiger partial charge in [-0.3, -0.25) is 4.79 Å². The normalized spacial score (nSPS) is 16.6. The Hall–Kier alpha value is -3.41. The molecule has 1 aliphatic rings. The molecule has 0 fully saturated rings. The maximum Gasteiger partial charge on any atom is 0.292 e. The summed E-state index contributed by atoms with van der Waals surface area (Å²) in [6.45, 7) is 0.590. The smallest absolute Gasteiger partial charge is 0.292 e. The zero-order valence-corrected chi connectivity index (χ0v) is 13.9. The fourth-order valence-corrected chi connectivity index (χ4v) is 3.67. The van der Waals surface area contributed by atoms with Crippen LogP contribution in [-0.4, -0.2) is 32.3 Å². The first-order valence-corrected chi connectivity index (χ1v) is 8.51. The highest BCUT2D eigenvalue weighted by Gasteiger charge is 2.35. The average molecular weight is 344 g/mol. The lowest BCUT2D eigenvalue weighted by molar-refractivity contribution is 0.0658. The first-order chi connectivity index (χ1) is 12.8. The first kappa shape index (κ1) is 14.9. The average Bonchev–Trinajstić information content (AvgIpc) is 3.38. The summed E-state index contributed by atoms with van der Waals surface area (Å²) in [6.07, 6.45) is 5.17. The van der Waals surface area contributed by atoms with Crippen LogP contribution in [0.25, 0.3) is 10.8 Å². The standard InChI is InChI=1S/C20H16N4O2/c25-20(17-10-21-12-26-17)24-8-7-16-18(23-11-22-16)19(24)15-6-5-13-3-1-2-4-14(13)9-15/h1-6,9-12,19H,7-8H2,(H,22,23)/t19-/m1/s1. The summed E-state index contributed by atoms with van der Waals surface area (Å²) >= 11 is 0. The van der Waals surface area contributed by atoms with E-state index >= 15 is 0 Å². The third kappa shape index (κ3) is 2.30. The maximum absolute atomic E-state index is 13.0. The van der Waals surface area contributed by atoms with Gasteiger partial charge in [0, 0.05) is 18.7 Å². The Morgan fingerprint density at radius 1 is 1.19 bits per heavy atom. The van der Waals surface area contributed by atoms with Gasteiger partial charge >= 0.3 is 0 Å². The van der Waals surface area contributed by atoms with Crippen LogP contribution in [0.4, 0.5) is 0 Å². The molecule has 2 aromatic carbocycles. The summed E-state index contributed by atoms with van der Waals surface area (Å²) in [5, 5.41) is 2.31. The molecule has 0 unspecified atom stereocenters. The van der Waals surface area contributed by atoms with E-state index < -0.39 is 0 Å². The number of aromatic nitrogens is 3. The number of hydrogen-bond acceptors (Lipinski definition) is 4. The fraction of sp³-hybridized carbons (Fsp3) is 0.150. The molecule has 1 aliphatic heterocycles. The van der Waals surface area contributed by atoms with E-state index in [1.165, 1.54) is 18.0 Å². The van der Waals surface area contributed by atoms with Crippen molar-refractivity contribution in [2.45, 2.75) is 12.5 Å². The Labute approximate surface area is 149 Å². The van der Waals surface area contributed by atoms with Gasteiger partial charge in [-0.2, -0.15) is 0 Å². The molecule has 4 aromatic rings. The lowest BCUT2D eigenvalue weighted by Crippen LogP contribution is -2.40. The number of aromatic amines is 1. The zero-order valence-electron chi connectivity index (χ0n) is 13.9. The number of benzene rings is 2. The van der Waals surface area contributed by atoms with E-state index in [0.717, 1.165) is 28.8 Å². The van der Waals surface area contributed by atoms with Gasteiger partial charge in [0.05, 0.1) is 18.2 Å². The summed E-state index contributed by atoms with van der Waals surface area (Å²) < 4.78 is 5.24. The van der Waals surface area contributed by atoms with Gasteiger partial charge in [-0.1, -0.05) is 36.4 Å². The monoisotopic (exact) mass is 344 g/mol. The molecule has 0 spiro atoms. The Morgan fingerprint density at radius 2 is 2.08 bits per heavy atom. The predicted octanol–water partition coefficient (Wildman–Crippen LogP) is 3.34. The number of amides is 1. The summed E-state index contributed by atoms with van der Waals surface area (Å²) in [5.74, 6) is 0.0732. The van der Waals surface area contributed by atoms with Crippen LogP contribution in [0.1, 0.15) is 33.5 Å². The van der Waals surface area contributed by atoms with Gasteiger partial charge in [0.2, 0.25) is 5.76 Å². The molecule has 0 aliphatic carbocycles. The van der Waals surface area contributed by atoms with E-state index in [4.69, 9.17) is 4.42 Å². The summed E-state index contributed by atoms with van der Waals surface area (Å²) in [7, 11) is 0. The topological polar surface area (TPSA) is 75.0 Å². The van der Waals surface area contributed by atoms with E-state index in [1.54, 1.807) is 6.33 Å². The van der Waals surface area contributed by atoms with Crippen molar-refractivity contribution in [2.24, 2.45) is 0 Å². The van der Waals surface area contributed by atoms with Crippen LogP contribution in [-0.2, 0) is 6.42 Å². The molecular weight excluding hydrogens is 328 g/mol. The van der Waals surface area contributed by atoms with Crippen LogP contribution < -0.4 is 0 Å². The number of carbonyl (C=O) groups excluding carboxylic acids is 1. The third-order valence-corrected chi connectivity index (χ3v) is 4.92. The fourth-order valence-electron chi connectivity index (χ4n) is 3.67. The van der Waals surface area contributed by atoms with Crippen molar-refractivity contribution in [3.05, 3.63) is 84.1 Å². The molecule has 5 rings (SSSR count). The van der Waals surface area contributed by atoms with Gasteiger partial charge in [-0.15, -0.1) is 0 Å². The molecule has 0 saturated carbocycles. The summed E-state index contributed by atoms with van der Waals surface area (Å²) in [6, 6.07) is 14.2. The van der Waals surface area contributed by atoms with Crippen molar-refractivity contribution in [3.63, 3.8) is 0 Å². The van der Waals surface area contributed by atoms with Crippen molar-refractivity contribution < 1.29 is 9.21 Å². The Morgan fingerprint density at radius 3 is 2.92 bits per heavy atom. The molecule has 1 N–H and O–H groups in total. The second-order valence-electron chi connectivity index (χ2n) is 6.39. The number of carbonyl (C=O) groups is 1. The third-order valence-electron chi connectivity index (χ3n) is 4.92. The Balaban J connectivity index is 1.64. The molecule has 6 heteroatoms. The van der Waals surface area contributed by atoms with Crippen LogP contribution in [0.15, 0.2) is 65.8 Å². The van der Waals surface area contributed by atoms with E-state index in [-0.39, 0.29) is 17.7 Å². The van der Waals surface area contributed by atoms with Gasteiger partial charge in [0.1, 0.15) is 6.04 Å². The minimum absolute atomic E-state index is 0.172. The highest BCUT2D eigenvalue weighted by atomic mass is 16.3. The Bertz CT molecular complexity index is 1080. The zero-order chi connectivity index (χ0) is 17.5. The lowest BCUT2D eigenvalue weighted by Gasteiger charge is -2.34. The molecule has 0 radical (unpaired) electrons. The van der Waals surface area contributed by atoms with Crippen LogP contribution in [0.3, 0.4) is 0 Å². The van der Waals surface area contributed by atoms with Gasteiger partial charge in [0.15, 0.2) is 6.39 Å². The number of rotatable bonds is 2. The maximum atomic E-state index is 13.0. The van der Waals surface area contributed by atoms with E-state index in [9.17, 15) is 4.79 Å². The summed E-state index contributed by atoms with van der Waals surface area (Å²) in [4.78, 5) is 26.4. The molecule has 1 atom stereocenters. The van der Waals surface area contributed by atoms with Gasteiger partial charge < -0.3 is 14.3 Å². The first-order valence-electron chi connectivity index (χ1n) is 8.51. The van der Waals surface area contributed by atoms with Crippen LogP contribution in [0, 0.1) is 0 Å². The molecule has 3 heterocycles. The molecule has 2 aromatic heterocycles. The molecule has 1 amide bonds. The van der Waals surface area contributed by atoms with Gasteiger partial charge in [0.25, 0.3) is 5.91 Å². The Kier molecular flexibility index (Phi) is 3.35.